The summed E-state index contributed by atoms with van der Waals surface area (Å²) in [6, 6.07) is 38.2. The first-order valence-electron chi connectivity index (χ1n) is 18.6. The Kier molecular flexibility index (Phi) is 6.55. The number of imidazole rings is 1. The maximum absolute atomic E-state index is 14.2. The third-order valence-corrected chi connectivity index (χ3v) is 13.5. The van der Waals surface area contributed by atoms with E-state index in [2.05, 4.69) is 145 Å². The van der Waals surface area contributed by atoms with Crippen LogP contribution in [0.25, 0.3) is 66.7 Å². The van der Waals surface area contributed by atoms with Gasteiger partial charge in [0.15, 0.2) is 17.2 Å². The fourth-order valence-electron chi connectivity index (χ4n) is 9.40. The zero-order valence-corrected chi connectivity index (χ0v) is 31.6. The Labute approximate surface area is 304 Å². The topological polar surface area (TPSA) is 25.8 Å². The fraction of sp³-hybridized carbons (Fsp3) is 0.217. The van der Waals surface area contributed by atoms with E-state index in [1.54, 1.807) is 12.1 Å². The number of pyridine rings is 1. The lowest BCUT2D eigenvalue weighted by atomic mass is 9.89. The van der Waals surface area contributed by atoms with Crippen LogP contribution in [0, 0.1) is 11.7 Å². The SMILES string of the molecule is CC[n+]1c2n(c3ccccc31)C1(c3ccccc3-c3cc(CC(C)C)c([Si](C)(C)C)c[n+]31)c1cc3oc4cc(-c5cccc(F)c5)ccc4c3cc1-2. The predicted octanol–water partition coefficient (Wildman–Crippen LogP) is 9.94. The number of rotatable bonds is 5. The molecule has 1 unspecified atom stereocenters. The highest BCUT2D eigenvalue weighted by Crippen LogP contribution is 2.54. The summed E-state index contributed by atoms with van der Waals surface area (Å²) in [5.41, 5.74) is 13.0. The van der Waals surface area contributed by atoms with Gasteiger partial charge in [-0.2, -0.15) is 4.57 Å². The second kappa shape index (κ2) is 10.8. The summed E-state index contributed by atoms with van der Waals surface area (Å²) in [6.07, 6.45) is 3.60. The van der Waals surface area contributed by atoms with Gasteiger partial charge in [0.05, 0.1) is 36.9 Å². The van der Waals surface area contributed by atoms with Crippen LogP contribution in [0.15, 0.2) is 120 Å². The summed E-state index contributed by atoms with van der Waals surface area (Å²) in [5.74, 6) is 1.52. The number of nitrogens with zero attached hydrogens (tertiary/aromatic N) is 3. The zero-order chi connectivity index (χ0) is 35.7. The average molecular weight is 700 g/mol. The van der Waals surface area contributed by atoms with Crippen molar-refractivity contribution in [3.05, 3.63) is 138 Å². The molecule has 2 aliphatic heterocycles. The number of aryl methyl sites for hydroxylation is 1. The number of para-hydroxylation sites is 2. The number of halogens is 1. The molecule has 1 atom stereocenters. The summed E-state index contributed by atoms with van der Waals surface area (Å²) in [6.45, 7) is 15.2. The van der Waals surface area contributed by atoms with Crippen molar-refractivity contribution >= 4 is 46.2 Å². The van der Waals surface area contributed by atoms with Gasteiger partial charge in [-0.1, -0.05) is 76.0 Å². The molecule has 5 heterocycles. The van der Waals surface area contributed by atoms with E-state index < -0.39 is 13.7 Å². The van der Waals surface area contributed by atoms with Crippen molar-refractivity contribution in [3.8, 4) is 33.8 Å². The van der Waals surface area contributed by atoms with Gasteiger partial charge >= 0.3 is 5.66 Å². The van der Waals surface area contributed by atoms with E-state index in [-0.39, 0.29) is 5.82 Å². The number of fused-ring (bicyclic) bond motifs is 15. The Morgan fingerprint density at radius 1 is 0.769 bits per heavy atom. The molecule has 10 rings (SSSR count). The molecule has 52 heavy (non-hydrogen) atoms. The van der Waals surface area contributed by atoms with Gasteiger partial charge in [-0.05, 0) is 96.6 Å². The lowest BCUT2D eigenvalue weighted by molar-refractivity contribution is -0.734. The van der Waals surface area contributed by atoms with Gasteiger partial charge < -0.3 is 4.42 Å². The van der Waals surface area contributed by atoms with E-state index in [0.29, 0.717) is 5.92 Å². The molecule has 5 aromatic carbocycles. The quantitative estimate of drug-likeness (QED) is 0.130. The largest absolute Gasteiger partial charge is 0.456 e. The minimum absolute atomic E-state index is 0.244. The van der Waals surface area contributed by atoms with Crippen LogP contribution in [-0.4, -0.2) is 12.6 Å². The van der Waals surface area contributed by atoms with Gasteiger partial charge in [-0.15, -0.1) is 4.57 Å². The van der Waals surface area contributed by atoms with Gasteiger partial charge in [-0.25, -0.2) is 8.96 Å². The van der Waals surface area contributed by atoms with Crippen molar-refractivity contribution in [2.24, 2.45) is 5.92 Å². The Morgan fingerprint density at radius 2 is 1.54 bits per heavy atom. The minimum atomic E-state index is -1.78. The maximum Gasteiger partial charge on any atom is 0.364 e. The summed E-state index contributed by atoms with van der Waals surface area (Å²) in [5, 5.41) is 3.66. The van der Waals surface area contributed by atoms with Gasteiger partial charge in [-0.3, -0.25) is 0 Å². The van der Waals surface area contributed by atoms with Crippen molar-refractivity contribution in [2.75, 3.05) is 0 Å². The van der Waals surface area contributed by atoms with Crippen LogP contribution in [0.1, 0.15) is 37.5 Å². The smallest absolute Gasteiger partial charge is 0.364 e. The van der Waals surface area contributed by atoms with Crippen LogP contribution in [0.4, 0.5) is 4.39 Å². The fourth-order valence-corrected chi connectivity index (χ4v) is 11.1. The van der Waals surface area contributed by atoms with E-state index in [1.165, 1.54) is 61.6 Å². The molecule has 1 spiro atoms. The van der Waals surface area contributed by atoms with Crippen LogP contribution < -0.4 is 14.3 Å². The van der Waals surface area contributed by atoms with Crippen LogP contribution in [-0.2, 0) is 18.6 Å². The zero-order valence-electron chi connectivity index (χ0n) is 30.6. The van der Waals surface area contributed by atoms with Gasteiger partial charge in [0.1, 0.15) is 17.0 Å². The van der Waals surface area contributed by atoms with E-state index in [9.17, 15) is 4.39 Å². The molecule has 0 radical (unpaired) electrons. The van der Waals surface area contributed by atoms with Crippen LogP contribution in [0.5, 0.6) is 0 Å². The molecule has 6 heteroatoms. The van der Waals surface area contributed by atoms with Crippen molar-refractivity contribution in [2.45, 2.75) is 59.0 Å². The molecule has 8 aromatic rings. The Hall–Kier alpha value is -5.33. The van der Waals surface area contributed by atoms with Crippen molar-refractivity contribution < 1.29 is 17.9 Å². The highest BCUT2D eigenvalue weighted by Gasteiger charge is 2.66. The van der Waals surface area contributed by atoms with Crippen LogP contribution in [0.2, 0.25) is 19.6 Å². The summed E-state index contributed by atoms with van der Waals surface area (Å²) in [4.78, 5) is 0. The summed E-state index contributed by atoms with van der Waals surface area (Å²) in [7, 11) is -1.78. The van der Waals surface area contributed by atoms with Gasteiger partial charge in [0, 0.05) is 22.0 Å². The van der Waals surface area contributed by atoms with Gasteiger partial charge in [0.2, 0.25) is 5.69 Å². The number of hydrogen-bond donors (Lipinski definition) is 0. The van der Waals surface area contributed by atoms with Gasteiger partial charge in [0.25, 0.3) is 5.82 Å². The number of hydrogen-bond acceptors (Lipinski definition) is 1. The second-order valence-electron chi connectivity index (χ2n) is 16.1. The summed E-state index contributed by atoms with van der Waals surface area (Å²) >= 11 is 0. The van der Waals surface area contributed by atoms with E-state index in [4.69, 9.17) is 4.42 Å². The molecule has 0 amide bonds. The molecule has 0 N–H and O–H groups in total. The molecule has 0 aliphatic carbocycles. The molecular formula is C46H42FN3OSi+2. The first-order valence-corrected chi connectivity index (χ1v) is 22.1. The third kappa shape index (κ3) is 4.13. The highest BCUT2D eigenvalue weighted by molar-refractivity contribution is 6.89. The molecule has 0 saturated heterocycles. The molecule has 0 fully saturated rings. The first-order chi connectivity index (χ1) is 25.1. The van der Waals surface area contributed by atoms with E-state index >= 15 is 0 Å². The number of furan rings is 1. The lowest BCUT2D eigenvalue weighted by Gasteiger charge is -2.24. The molecule has 0 saturated carbocycles. The molecule has 256 valence electrons. The Bertz CT molecular complexity index is 2800. The van der Waals surface area contributed by atoms with Crippen molar-refractivity contribution in [1.82, 2.24) is 4.57 Å². The number of aromatic nitrogens is 3. The molecule has 3 aromatic heterocycles. The normalized spacial score (nSPS) is 16.0. The Morgan fingerprint density at radius 3 is 2.33 bits per heavy atom. The van der Waals surface area contributed by atoms with Crippen LogP contribution in [0.3, 0.4) is 0 Å². The predicted molar refractivity (Wildman–Crippen MR) is 211 cm³/mol. The average Bonchev–Trinajstić information content (AvgIpc) is 3.82. The number of benzene rings is 5. The van der Waals surface area contributed by atoms with Crippen molar-refractivity contribution in [3.63, 3.8) is 0 Å². The highest BCUT2D eigenvalue weighted by atomic mass is 28.3. The minimum Gasteiger partial charge on any atom is -0.456 e. The Balaban J connectivity index is 1.35. The maximum atomic E-state index is 14.2. The summed E-state index contributed by atoms with van der Waals surface area (Å²) < 4.78 is 28.8. The molecule has 0 bridgehead atoms. The lowest BCUT2D eigenvalue weighted by Crippen LogP contribution is -2.61. The molecular weight excluding hydrogens is 658 g/mol. The third-order valence-electron chi connectivity index (χ3n) is 11.4. The molecule has 2 aliphatic rings. The standard InChI is InChI=1S/C46H42FN3OSi/c1-7-48-39-17-10-11-18-40(39)50-45(48)36-25-35-33-20-19-30(29-13-12-14-32(47)22-29)24-42(33)51-43(35)26-38(36)46(50)37-16-9-8-15-34(37)41-23-31(21-28(2)3)44(27-49(41)46)52(4,5)6/h8-20,22-28H,7,21H2,1-6H3/q+2. The van der Waals surface area contributed by atoms with Crippen LogP contribution >= 0.6 is 0 Å². The first kappa shape index (κ1) is 31.4. The second-order valence-corrected chi connectivity index (χ2v) is 21.2. The van der Waals surface area contributed by atoms with Crippen molar-refractivity contribution in [1.29, 1.82) is 0 Å². The van der Waals surface area contributed by atoms with E-state index in [1.807, 2.05) is 6.07 Å². The molecule has 4 nitrogen and oxygen atoms in total. The van der Waals surface area contributed by atoms with E-state index in [0.717, 1.165) is 46.0 Å². The monoisotopic (exact) mass is 699 g/mol.